The number of carbonyl (C=O) groups is 1. The summed E-state index contributed by atoms with van der Waals surface area (Å²) in [6, 6.07) is 13.6. The fourth-order valence-electron chi connectivity index (χ4n) is 2.83. The maximum absolute atomic E-state index is 12.6. The van der Waals surface area contributed by atoms with Gasteiger partial charge in [0.1, 0.15) is 6.61 Å². The van der Waals surface area contributed by atoms with Crippen molar-refractivity contribution in [3.63, 3.8) is 0 Å². The molecule has 2 aromatic carbocycles. The van der Waals surface area contributed by atoms with Gasteiger partial charge in [-0.3, -0.25) is 0 Å². The van der Waals surface area contributed by atoms with Crippen LogP contribution in [0.5, 0.6) is 0 Å². The first-order chi connectivity index (χ1) is 13.4. The molecule has 1 N–H and O–H groups in total. The molecule has 2 aromatic rings. The van der Waals surface area contributed by atoms with E-state index in [9.17, 15) is 4.79 Å². The van der Waals surface area contributed by atoms with E-state index in [0.29, 0.717) is 5.56 Å². The number of carbonyl (C=O) groups excluding carboxylic acids is 1. The Bertz CT molecular complexity index is 874. The maximum Gasteiger partial charge on any atom is 0.340 e. The van der Waals surface area contributed by atoms with Crippen molar-refractivity contribution in [3.05, 3.63) is 82.5 Å². The van der Waals surface area contributed by atoms with Crippen LogP contribution in [0.4, 0.5) is 11.4 Å². The van der Waals surface area contributed by atoms with Gasteiger partial charge in [0.05, 0.1) is 11.3 Å². The van der Waals surface area contributed by atoms with Gasteiger partial charge in [0.25, 0.3) is 0 Å². The van der Waals surface area contributed by atoms with E-state index < -0.39 is 0 Å². The van der Waals surface area contributed by atoms with Crippen LogP contribution in [-0.4, -0.2) is 12.6 Å². The van der Waals surface area contributed by atoms with E-state index in [1.165, 1.54) is 22.3 Å². The molecule has 0 amide bonds. The number of anilines is 2. The van der Waals surface area contributed by atoms with E-state index in [-0.39, 0.29) is 12.6 Å². The third-order valence-corrected chi connectivity index (χ3v) is 4.76. The fraction of sp³-hybridized carbons (Fsp3) is 0.320. The molecule has 0 aliphatic rings. The van der Waals surface area contributed by atoms with Crippen molar-refractivity contribution in [2.24, 2.45) is 0 Å². The first kappa shape index (κ1) is 21.5. The molecule has 0 saturated heterocycles. The maximum atomic E-state index is 12.6. The Morgan fingerprint density at radius 2 is 1.68 bits per heavy atom. The Hall–Kier alpha value is -2.81. The Balaban J connectivity index is 2.02. The zero-order chi connectivity index (χ0) is 20.5. The SMILES string of the molecule is CC(C)=CCCC(C)=CCOC(=O)c1ccccc1Nc1cccc(C)c1C. The van der Waals surface area contributed by atoms with E-state index in [1.807, 2.05) is 36.4 Å². The van der Waals surface area contributed by atoms with Crippen LogP contribution in [0.25, 0.3) is 0 Å². The molecule has 0 bridgehead atoms. The molecule has 0 heterocycles. The first-order valence-corrected chi connectivity index (χ1v) is 9.77. The molecule has 0 spiro atoms. The van der Waals surface area contributed by atoms with Crippen molar-refractivity contribution in [3.8, 4) is 0 Å². The number of allylic oxidation sites excluding steroid dienone is 3. The average molecular weight is 378 g/mol. The van der Waals surface area contributed by atoms with Crippen LogP contribution in [0.2, 0.25) is 0 Å². The minimum Gasteiger partial charge on any atom is -0.458 e. The molecule has 2 rings (SSSR count). The largest absolute Gasteiger partial charge is 0.458 e. The minimum atomic E-state index is -0.318. The Morgan fingerprint density at radius 3 is 2.43 bits per heavy atom. The van der Waals surface area contributed by atoms with Crippen molar-refractivity contribution in [2.45, 2.75) is 47.5 Å². The summed E-state index contributed by atoms with van der Waals surface area (Å²) in [7, 11) is 0. The Kier molecular flexibility index (Phi) is 8.06. The van der Waals surface area contributed by atoms with Crippen LogP contribution in [0.15, 0.2) is 65.8 Å². The van der Waals surface area contributed by atoms with Gasteiger partial charge in [-0.25, -0.2) is 4.79 Å². The standard InChI is InChI=1S/C25H31NO2/c1-18(2)10-8-11-19(3)16-17-28-25(27)22-13-6-7-14-24(22)26-23-15-9-12-20(4)21(23)5/h6-7,9-10,12-16,26H,8,11,17H2,1-5H3. The Morgan fingerprint density at radius 1 is 0.964 bits per heavy atom. The lowest BCUT2D eigenvalue weighted by Crippen LogP contribution is -2.09. The highest BCUT2D eigenvalue weighted by Gasteiger charge is 2.13. The number of ether oxygens (including phenoxy) is 1. The Labute approximate surface area is 169 Å². The van der Waals surface area contributed by atoms with E-state index in [1.54, 1.807) is 6.07 Å². The van der Waals surface area contributed by atoms with Gasteiger partial charge in [0, 0.05) is 5.69 Å². The molecule has 0 unspecified atom stereocenters. The van der Waals surface area contributed by atoms with E-state index in [2.05, 4.69) is 52.1 Å². The lowest BCUT2D eigenvalue weighted by atomic mass is 10.1. The lowest BCUT2D eigenvalue weighted by Gasteiger charge is -2.14. The molecule has 0 atom stereocenters. The summed E-state index contributed by atoms with van der Waals surface area (Å²) in [5.74, 6) is -0.318. The van der Waals surface area contributed by atoms with Crippen molar-refractivity contribution in [1.29, 1.82) is 0 Å². The van der Waals surface area contributed by atoms with Gasteiger partial charge in [0.15, 0.2) is 0 Å². The van der Waals surface area contributed by atoms with Gasteiger partial charge < -0.3 is 10.1 Å². The quantitative estimate of drug-likeness (QED) is 0.402. The molecular formula is C25H31NO2. The number of hydrogen-bond acceptors (Lipinski definition) is 3. The number of hydrogen-bond donors (Lipinski definition) is 1. The highest BCUT2D eigenvalue weighted by atomic mass is 16.5. The summed E-state index contributed by atoms with van der Waals surface area (Å²) >= 11 is 0. The first-order valence-electron chi connectivity index (χ1n) is 9.77. The second-order valence-electron chi connectivity index (χ2n) is 7.39. The molecule has 0 aliphatic heterocycles. The summed E-state index contributed by atoms with van der Waals surface area (Å²) in [4.78, 5) is 12.6. The molecule has 0 aromatic heterocycles. The minimum absolute atomic E-state index is 0.289. The zero-order valence-corrected chi connectivity index (χ0v) is 17.6. The summed E-state index contributed by atoms with van der Waals surface area (Å²) in [6.45, 7) is 10.7. The molecule has 0 aliphatic carbocycles. The van der Waals surface area contributed by atoms with E-state index in [4.69, 9.17) is 4.74 Å². The third-order valence-electron chi connectivity index (χ3n) is 4.76. The number of aryl methyl sites for hydroxylation is 1. The summed E-state index contributed by atoms with van der Waals surface area (Å²) in [6.07, 6.45) is 6.20. The number of para-hydroxylation sites is 1. The lowest BCUT2D eigenvalue weighted by molar-refractivity contribution is 0.0550. The highest BCUT2D eigenvalue weighted by molar-refractivity contribution is 5.96. The van der Waals surface area contributed by atoms with Gasteiger partial charge in [0.2, 0.25) is 0 Å². The summed E-state index contributed by atoms with van der Waals surface area (Å²) in [5, 5.41) is 3.38. The predicted molar refractivity (Wildman–Crippen MR) is 118 cm³/mol. The molecule has 0 fully saturated rings. The second kappa shape index (κ2) is 10.5. The monoisotopic (exact) mass is 377 g/mol. The van der Waals surface area contributed by atoms with Crippen LogP contribution in [0.3, 0.4) is 0 Å². The van der Waals surface area contributed by atoms with Crippen LogP contribution in [-0.2, 0) is 4.74 Å². The predicted octanol–water partition coefficient (Wildman–Crippen LogP) is 6.90. The molecule has 3 nitrogen and oxygen atoms in total. The van der Waals surface area contributed by atoms with Gasteiger partial charge >= 0.3 is 5.97 Å². The van der Waals surface area contributed by atoms with Crippen LogP contribution in [0.1, 0.15) is 55.1 Å². The normalized spacial score (nSPS) is 11.1. The van der Waals surface area contributed by atoms with E-state index in [0.717, 1.165) is 24.2 Å². The smallest absolute Gasteiger partial charge is 0.340 e. The number of esters is 1. The zero-order valence-electron chi connectivity index (χ0n) is 17.6. The van der Waals surface area contributed by atoms with Gasteiger partial charge in [-0.05, 0) is 82.9 Å². The molecule has 0 radical (unpaired) electrons. The summed E-state index contributed by atoms with van der Waals surface area (Å²) in [5.41, 5.74) is 7.22. The third kappa shape index (κ3) is 6.41. The van der Waals surface area contributed by atoms with Crippen molar-refractivity contribution in [2.75, 3.05) is 11.9 Å². The van der Waals surface area contributed by atoms with Gasteiger partial charge in [-0.1, -0.05) is 41.5 Å². The van der Waals surface area contributed by atoms with Gasteiger partial charge in [-0.2, -0.15) is 0 Å². The second-order valence-corrected chi connectivity index (χ2v) is 7.39. The van der Waals surface area contributed by atoms with Crippen LogP contribution in [0, 0.1) is 13.8 Å². The summed E-state index contributed by atoms with van der Waals surface area (Å²) < 4.78 is 5.49. The van der Waals surface area contributed by atoms with E-state index >= 15 is 0 Å². The van der Waals surface area contributed by atoms with Gasteiger partial charge in [-0.15, -0.1) is 0 Å². The molecule has 28 heavy (non-hydrogen) atoms. The molecule has 3 heteroatoms. The number of benzene rings is 2. The average Bonchev–Trinajstić information content (AvgIpc) is 2.65. The van der Waals surface area contributed by atoms with Crippen LogP contribution >= 0.6 is 0 Å². The number of rotatable bonds is 8. The molecular weight excluding hydrogens is 346 g/mol. The van der Waals surface area contributed by atoms with Crippen molar-refractivity contribution >= 4 is 17.3 Å². The number of nitrogens with one attached hydrogen (secondary N) is 1. The fourth-order valence-corrected chi connectivity index (χ4v) is 2.83. The van der Waals surface area contributed by atoms with Crippen molar-refractivity contribution < 1.29 is 9.53 Å². The molecule has 0 saturated carbocycles. The van der Waals surface area contributed by atoms with Crippen LogP contribution < -0.4 is 5.32 Å². The van der Waals surface area contributed by atoms with Crippen molar-refractivity contribution in [1.82, 2.24) is 0 Å². The topological polar surface area (TPSA) is 38.3 Å². The highest BCUT2D eigenvalue weighted by Crippen LogP contribution is 2.25. The molecule has 148 valence electrons.